The lowest BCUT2D eigenvalue weighted by Gasteiger charge is -2.33. The molecule has 116 valence electrons. The third-order valence-electron chi connectivity index (χ3n) is 4.03. The van der Waals surface area contributed by atoms with E-state index in [0.717, 1.165) is 37.2 Å². The number of piperidine rings is 1. The molecule has 2 N–H and O–H groups in total. The van der Waals surface area contributed by atoms with Crippen LogP contribution in [0.5, 0.6) is 5.75 Å². The van der Waals surface area contributed by atoms with E-state index in [1.807, 2.05) is 31.2 Å². The number of aliphatic hydroxyl groups excluding tert-OH is 1. The Balaban J connectivity index is 1.83. The topological polar surface area (TPSA) is 61.8 Å². The molecule has 1 heterocycles. The third-order valence-corrected chi connectivity index (χ3v) is 4.03. The molecule has 1 amide bonds. The molecule has 1 unspecified atom stereocenters. The van der Waals surface area contributed by atoms with Gasteiger partial charge in [-0.15, -0.1) is 0 Å². The van der Waals surface area contributed by atoms with E-state index < -0.39 is 0 Å². The van der Waals surface area contributed by atoms with Crippen LogP contribution in [0.4, 0.5) is 0 Å². The summed E-state index contributed by atoms with van der Waals surface area (Å²) >= 11 is 0. The number of aliphatic hydroxyl groups is 1. The van der Waals surface area contributed by atoms with E-state index in [-0.39, 0.29) is 18.1 Å². The molecule has 1 aromatic carbocycles. The second-order valence-electron chi connectivity index (χ2n) is 5.51. The SMILES string of the molecule is COc1cccc(CNC(=O)C(C)N2CCC(O)CC2)c1. The fraction of sp³-hybridized carbons (Fsp3) is 0.562. The number of nitrogens with zero attached hydrogens (tertiary/aromatic N) is 1. The minimum atomic E-state index is -0.215. The molecule has 0 aromatic heterocycles. The first kappa shape index (κ1) is 15.8. The van der Waals surface area contributed by atoms with Gasteiger partial charge in [0.15, 0.2) is 0 Å². The highest BCUT2D eigenvalue weighted by atomic mass is 16.5. The van der Waals surface area contributed by atoms with Crippen LogP contribution >= 0.6 is 0 Å². The molecular weight excluding hydrogens is 268 g/mol. The molecule has 0 radical (unpaired) electrons. The number of nitrogens with one attached hydrogen (secondary N) is 1. The van der Waals surface area contributed by atoms with Gasteiger partial charge in [0.05, 0.1) is 19.3 Å². The number of methoxy groups -OCH3 is 1. The minimum Gasteiger partial charge on any atom is -0.497 e. The van der Waals surface area contributed by atoms with E-state index in [2.05, 4.69) is 10.2 Å². The molecule has 1 saturated heterocycles. The van der Waals surface area contributed by atoms with Gasteiger partial charge < -0.3 is 15.2 Å². The zero-order chi connectivity index (χ0) is 15.2. The molecule has 1 aromatic rings. The third kappa shape index (κ3) is 4.44. The highest BCUT2D eigenvalue weighted by molar-refractivity contribution is 5.81. The van der Waals surface area contributed by atoms with Crippen molar-refractivity contribution in [3.8, 4) is 5.75 Å². The van der Waals surface area contributed by atoms with Crippen LogP contribution in [0.3, 0.4) is 0 Å². The van der Waals surface area contributed by atoms with Crippen molar-refractivity contribution in [2.75, 3.05) is 20.2 Å². The van der Waals surface area contributed by atoms with Crippen LogP contribution in [0.25, 0.3) is 0 Å². The average molecular weight is 292 g/mol. The number of carbonyl (C=O) groups is 1. The van der Waals surface area contributed by atoms with Crippen molar-refractivity contribution in [3.63, 3.8) is 0 Å². The molecule has 0 saturated carbocycles. The van der Waals surface area contributed by atoms with Gasteiger partial charge in [0.1, 0.15) is 5.75 Å². The minimum absolute atomic E-state index is 0.0224. The summed E-state index contributed by atoms with van der Waals surface area (Å²) in [6.45, 7) is 3.96. The maximum Gasteiger partial charge on any atom is 0.237 e. The average Bonchev–Trinajstić information content (AvgIpc) is 2.53. The summed E-state index contributed by atoms with van der Waals surface area (Å²) in [6, 6.07) is 7.51. The van der Waals surface area contributed by atoms with Crippen LogP contribution in [0.1, 0.15) is 25.3 Å². The molecule has 0 bridgehead atoms. The first-order valence-electron chi connectivity index (χ1n) is 7.43. The van der Waals surface area contributed by atoms with Gasteiger partial charge in [-0.25, -0.2) is 0 Å². The van der Waals surface area contributed by atoms with E-state index in [1.54, 1.807) is 7.11 Å². The van der Waals surface area contributed by atoms with Crippen molar-refractivity contribution in [2.45, 2.75) is 38.5 Å². The summed E-state index contributed by atoms with van der Waals surface area (Å²) in [7, 11) is 1.63. The van der Waals surface area contributed by atoms with Gasteiger partial charge in [0.25, 0.3) is 0 Å². The fourth-order valence-electron chi connectivity index (χ4n) is 2.56. The van der Waals surface area contributed by atoms with Crippen molar-refractivity contribution in [3.05, 3.63) is 29.8 Å². The first-order valence-corrected chi connectivity index (χ1v) is 7.43. The van der Waals surface area contributed by atoms with Gasteiger partial charge in [-0.2, -0.15) is 0 Å². The Morgan fingerprint density at radius 2 is 2.19 bits per heavy atom. The zero-order valence-electron chi connectivity index (χ0n) is 12.7. The van der Waals surface area contributed by atoms with Crippen molar-refractivity contribution in [1.29, 1.82) is 0 Å². The van der Waals surface area contributed by atoms with Gasteiger partial charge in [-0.1, -0.05) is 12.1 Å². The summed E-state index contributed by atoms with van der Waals surface area (Å²) in [4.78, 5) is 14.3. The Hall–Kier alpha value is -1.59. The smallest absolute Gasteiger partial charge is 0.237 e. The van der Waals surface area contributed by atoms with Crippen molar-refractivity contribution in [1.82, 2.24) is 10.2 Å². The predicted octanol–water partition coefficient (Wildman–Crippen LogP) is 1.16. The second kappa shape index (κ2) is 7.43. The van der Waals surface area contributed by atoms with Gasteiger partial charge in [0, 0.05) is 19.6 Å². The molecular formula is C16H24N2O3. The van der Waals surface area contributed by atoms with Crippen LogP contribution in [0, 0.1) is 0 Å². The number of benzene rings is 1. The fourth-order valence-corrected chi connectivity index (χ4v) is 2.56. The predicted molar refractivity (Wildman–Crippen MR) is 81.1 cm³/mol. The maximum atomic E-state index is 12.2. The number of likely N-dealkylation sites (tertiary alicyclic amines) is 1. The standard InChI is InChI=1S/C16H24N2O3/c1-12(18-8-6-14(19)7-9-18)16(20)17-11-13-4-3-5-15(10-13)21-2/h3-5,10,12,14,19H,6-9,11H2,1-2H3,(H,17,20). The zero-order valence-corrected chi connectivity index (χ0v) is 12.7. The van der Waals surface area contributed by atoms with Gasteiger partial charge in [0.2, 0.25) is 5.91 Å². The number of hydrogen-bond donors (Lipinski definition) is 2. The molecule has 21 heavy (non-hydrogen) atoms. The van der Waals surface area contributed by atoms with Gasteiger partial charge >= 0.3 is 0 Å². The van der Waals surface area contributed by atoms with E-state index >= 15 is 0 Å². The van der Waals surface area contributed by atoms with E-state index in [0.29, 0.717) is 6.54 Å². The molecule has 0 spiro atoms. The molecule has 1 aliphatic heterocycles. The largest absolute Gasteiger partial charge is 0.497 e. The maximum absolute atomic E-state index is 12.2. The van der Waals surface area contributed by atoms with Crippen LogP contribution in [-0.2, 0) is 11.3 Å². The van der Waals surface area contributed by atoms with Crippen molar-refractivity contribution < 1.29 is 14.6 Å². The van der Waals surface area contributed by atoms with Crippen LogP contribution in [-0.4, -0.2) is 48.3 Å². The summed E-state index contributed by atoms with van der Waals surface area (Å²) in [5.74, 6) is 0.814. The van der Waals surface area contributed by atoms with E-state index in [1.165, 1.54) is 0 Å². The monoisotopic (exact) mass is 292 g/mol. The molecule has 1 atom stereocenters. The number of carbonyl (C=O) groups excluding carboxylic acids is 1. The summed E-state index contributed by atoms with van der Waals surface area (Å²) < 4.78 is 5.17. The molecule has 1 aliphatic rings. The molecule has 5 heteroatoms. The lowest BCUT2D eigenvalue weighted by molar-refractivity contribution is -0.126. The number of ether oxygens (including phenoxy) is 1. The van der Waals surface area contributed by atoms with Crippen LogP contribution in [0.2, 0.25) is 0 Å². The van der Waals surface area contributed by atoms with Gasteiger partial charge in [-0.05, 0) is 37.5 Å². The Labute approximate surface area is 125 Å². The molecule has 5 nitrogen and oxygen atoms in total. The van der Waals surface area contributed by atoms with E-state index in [4.69, 9.17) is 4.74 Å². The van der Waals surface area contributed by atoms with Crippen molar-refractivity contribution in [2.24, 2.45) is 0 Å². The normalized spacial score (nSPS) is 18.2. The first-order chi connectivity index (χ1) is 10.1. The van der Waals surface area contributed by atoms with E-state index in [9.17, 15) is 9.90 Å². The molecule has 1 fully saturated rings. The van der Waals surface area contributed by atoms with Crippen LogP contribution < -0.4 is 10.1 Å². The Morgan fingerprint density at radius 1 is 1.48 bits per heavy atom. The summed E-state index contributed by atoms with van der Waals surface area (Å²) in [5, 5.41) is 12.5. The summed E-state index contributed by atoms with van der Waals surface area (Å²) in [6.07, 6.45) is 1.27. The lowest BCUT2D eigenvalue weighted by Crippen LogP contribution is -2.48. The lowest BCUT2D eigenvalue weighted by atomic mass is 10.1. The summed E-state index contributed by atoms with van der Waals surface area (Å²) in [5.41, 5.74) is 1.02. The molecule has 2 rings (SSSR count). The Kier molecular flexibility index (Phi) is 5.59. The highest BCUT2D eigenvalue weighted by Gasteiger charge is 2.25. The Morgan fingerprint density at radius 3 is 2.86 bits per heavy atom. The second-order valence-corrected chi connectivity index (χ2v) is 5.51. The number of amides is 1. The van der Waals surface area contributed by atoms with Crippen LogP contribution in [0.15, 0.2) is 24.3 Å². The number of rotatable bonds is 5. The van der Waals surface area contributed by atoms with Gasteiger partial charge in [-0.3, -0.25) is 9.69 Å². The highest BCUT2D eigenvalue weighted by Crippen LogP contribution is 2.14. The quantitative estimate of drug-likeness (QED) is 0.855. The van der Waals surface area contributed by atoms with Crippen molar-refractivity contribution >= 4 is 5.91 Å². The Bertz CT molecular complexity index is 470. The molecule has 0 aliphatic carbocycles. The number of hydrogen-bond acceptors (Lipinski definition) is 4.